The van der Waals surface area contributed by atoms with Crippen LogP contribution in [0.2, 0.25) is 10.0 Å². The van der Waals surface area contributed by atoms with Crippen molar-refractivity contribution in [2.24, 2.45) is 0 Å². The first kappa shape index (κ1) is 21.6. The van der Waals surface area contributed by atoms with Crippen LogP contribution >= 0.6 is 34.5 Å². The number of nitrogens with one attached hydrogen (secondary N) is 1. The molecular formula is C22H25Cl2N3O2S. The van der Waals surface area contributed by atoms with Crippen LogP contribution in [0.1, 0.15) is 47.0 Å². The number of benzene rings is 1. The van der Waals surface area contributed by atoms with E-state index in [4.69, 9.17) is 23.2 Å². The number of halogens is 2. The Kier molecular flexibility index (Phi) is 6.98. The van der Waals surface area contributed by atoms with Crippen molar-refractivity contribution in [1.82, 2.24) is 15.1 Å². The highest BCUT2D eigenvalue weighted by atomic mass is 35.5. The summed E-state index contributed by atoms with van der Waals surface area (Å²) in [6.07, 6.45) is 3.84. The average Bonchev–Trinajstić information content (AvgIpc) is 3.51. The highest BCUT2D eigenvalue weighted by Crippen LogP contribution is 2.29. The van der Waals surface area contributed by atoms with E-state index < -0.39 is 6.04 Å². The molecule has 2 unspecified atom stereocenters. The first-order valence-electron chi connectivity index (χ1n) is 10.4. The maximum atomic E-state index is 13.1. The number of carbonyl (C=O) groups is 2. The molecule has 0 bridgehead atoms. The highest BCUT2D eigenvalue weighted by Gasteiger charge is 2.36. The van der Waals surface area contributed by atoms with E-state index in [1.54, 1.807) is 34.4 Å². The van der Waals surface area contributed by atoms with E-state index in [-0.39, 0.29) is 17.9 Å². The second-order valence-corrected chi connectivity index (χ2v) is 9.62. The second kappa shape index (κ2) is 9.69. The third-order valence-corrected chi connectivity index (χ3v) is 7.44. The van der Waals surface area contributed by atoms with Gasteiger partial charge in [0.25, 0.3) is 5.91 Å². The number of likely N-dealkylation sites (tertiary alicyclic amines) is 2. The number of hydrogen-bond acceptors (Lipinski definition) is 4. The minimum Gasteiger partial charge on any atom is -0.352 e. The van der Waals surface area contributed by atoms with Gasteiger partial charge in [0.1, 0.15) is 6.04 Å². The SMILES string of the molecule is O=C(NCC(c1cccs1)N1CCCC1)C1CCCN1C(=O)c1cc(Cl)ccc1Cl. The number of rotatable bonds is 6. The summed E-state index contributed by atoms with van der Waals surface area (Å²) >= 11 is 14.0. The molecule has 2 aromatic rings. The van der Waals surface area contributed by atoms with E-state index in [2.05, 4.69) is 27.7 Å². The van der Waals surface area contributed by atoms with Gasteiger partial charge in [-0.05, 0) is 68.4 Å². The van der Waals surface area contributed by atoms with Crippen LogP contribution in [0.5, 0.6) is 0 Å². The van der Waals surface area contributed by atoms with Crippen LogP contribution in [0.25, 0.3) is 0 Å². The first-order valence-corrected chi connectivity index (χ1v) is 12.0. The zero-order chi connectivity index (χ0) is 21.1. The van der Waals surface area contributed by atoms with E-state index in [1.165, 1.54) is 17.7 Å². The molecule has 1 N–H and O–H groups in total. The lowest BCUT2D eigenvalue weighted by Gasteiger charge is -2.29. The maximum Gasteiger partial charge on any atom is 0.256 e. The average molecular weight is 466 g/mol. The van der Waals surface area contributed by atoms with Crippen LogP contribution in [0.3, 0.4) is 0 Å². The van der Waals surface area contributed by atoms with Gasteiger partial charge in [-0.3, -0.25) is 14.5 Å². The predicted octanol–water partition coefficient (Wildman–Crippen LogP) is 4.61. The first-order chi connectivity index (χ1) is 14.5. The fourth-order valence-electron chi connectivity index (χ4n) is 4.36. The van der Waals surface area contributed by atoms with Crippen molar-refractivity contribution in [3.05, 3.63) is 56.2 Å². The number of nitrogens with zero attached hydrogens (tertiary/aromatic N) is 2. The van der Waals surface area contributed by atoms with Crippen LogP contribution in [0, 0.1) is 0 Å². The topological polar surface area (TPSA) is 52.7 Å². The monoisotopic (exact) mass is 465 g/mol. The molecule has 2 saturated heterocycles. The molecule has 0 saturated carbocycles. The van der Waals surface area contributed by atoms with Crippen molar-refractivity contribution in [1.29, 1.82) is 0 Å². The number of amides is 2. The van der Waals surface area contributed by atoms with Crippen molar-refractivity contribution in [2.45, 2.75) is 37.8 Å². The van der Waals surface area contributed by atoms with Crippen LogP contribution in [0.4, 0.5) is 0 Å². The Morgan fingerprint density at radius 2 is 1.93 bits per heavy atom. The quantitative estimate of drug-likeness (QED) is 0.677. The van der Waals surface area contributed by atoms with Gasteiger partial charge in [0.2, 0.25) is 5.91 Å². The maximum absolute atomic E-state index is 13.1. The molecular weight excluding hydrogens is 441 g/mol. The lowest BCUT2D eigenvalue weighted by Crippen LogP contribution is -2.47. The third-order valence-electron chi connectivity index (χ3n) is 5.90. The Balaban J connectivity index is 1.44. The lowest BCUT2D eigenvalue weighted by molar-refractivity contribution is -0.125. The van der Waals surface area contributed by atoms with Gasteiger partial charge in [-0.25, -0.2) is 0 Å². The largest absolute Gasteiger partial charge is 0.352 e. The summed E-state index contributed by atoms with van der Waals surface area (Å²) in [4.78, 5) is 31.5. The second-order valence-electron chi connectivity index (χ2n) is 7.80. The zero-order valence-corrected chi connectivity index (χ0v) is 19.0. The number of hydrogen-bond donors (Lipinski definition) is 1. The van der Waals surface area contributed by atoms with E-state index >= 15 is 0 Å². The predicted molar refractivity (Wildman–Crippen MR) is 121 cm³/mol. The van der Waals surface area contributed by atoms with Gasteiger partial charge >= 0.3 is 0 Å². The third kappa shape index (κ3) is 4.67. The molecule has 8 heteroatoms. The van der Waals surface area contributed by atoms with Crippen LogP contribution in [-0.2, 0) is 4.79 Å². The Morgan fingerprint density at radius 3 is 2.67 bits per heavy atom. The molecule has 2 atom stereocenters. The van der Waals surface area contributed by atoms with Crippen molar-refractivity contribution in [3.8, 4) is 0 Å². The molecule has 2 amide bonds. The Labute approximate surface area is 190 Å². The molecule has 4 rings (SSSR count). The molecule has 2 fully saturated rings. The fraction of sp³-hybridized carbons (Fsp3) is 0.455. The van der Waals surface area contributed by atoms with Gasteiger partial charge in [0.05, 0.1) is 16.6 Å². The normalized spacial score (nSPS) is 20.5. The molecule has 1 aromatic heterocycles. The standard InChI is InChI=1S/C22H25Cl2N3O2S/c23-15-7-8-17(24)16(13-15)22(29)27-11-3-5-18(27)21(28)25-14-19(20-6-4-12-30-20)26-9-1-2-10-26/h4,6-8,12-13,18-19H,1-3,5,9-11,14H2,(H,25,28). The lowest BCUT2D eigenvalue weighted by atomic mass is 10.1. The fourth-order valence-corrected chi connectivity index (χ4v) is 5.59. The minimum atomic E-state index is -0.477. The van der Waals surface area contributed by atoms with Crippen LogP contribution in [-0.4, -0.2) is 53.8 Å². The van der Waals surface area contributed by atoms with Gasteiger partial charge < -0.3 is 10.2 Å². The van der Waals surface area contributed by atoms with Gasteiger partial charge in [0.15, 0.2) is 0 Å². The summed E-state index contributed by atoms with van der Waals surface area (Å²) in [7, 11) is 0. The molecule has 2 aliphatic heterocycles. The molecule has 0 spiro atoms. The summed E-state index contributed by atoms with van der Waals surface area (Å²) in [5.74, 6) is -0.339. The smallest absolute Gasteiger partial charge is 0.256 e. The molecule has 160 valence electrons. The van der Waals surface area contributed by atoms with Crippen molar-refractivity contribution >= 4 is 46.4 Å². The number of thiophene rings is 1. The summed E-state index contributed by atoms with van der Waals surface area (Å²) in [5, 5.41) is 6.00. The minimum absolute atomic E-state index is 0.0975. The van der Waals surface area contributed by atoms with Gasteiger partial charge in [-0.15, -0.1) is 11.3 Å². The molecule has 3 heterocycles. The summed E-state index contributed by atoms with van der Waals surface area (Å²) < 4.78 is 0. The molecule has 5 nitrogen and oxygen atoms in total. The molecule has 1 aromatic carbocycles. The summed E-state index contributed by atoms with van der Waals surface area (Å²) in [6.45, 7) is 3.20. The van der Waals surface area contributed by atoms with Gasteiger partial charge in [-0.2, -0.15) is 0 Å². The summed E-state index contributed by atoms with van der Waals surface area (Å²) in [5.41, 5.74) is 0.345. The van der Waals surface area contributed by atoms with Gasteiger partial charge in [-0.1, -0.05) is 29.3 Å². The Morgan fingerprint density at radius 1 is 1.13 bits per heavy atom. The van der Waals surface area contributed by atoms with Crippen molar-refractivity contribution < 1.29 is 9.59 Å². The highest BCUT2D eigenvalue weighted by molar-refractivity contribution is 7.10. The van der Waals surface area contributed by atoms with E-state index in [0.717, 1.165) is 19.5 Å². The summed E-state index contributed by atoms with van der Waals surface area (Å²) in [6, 6.07) is 8.73. The van der Waals surface area contributed by atoms with E-state index in [0.29, 0.717) is 35.1 Å². The van der Waals surface area contributed by atoms with E-state index in [9.17, 15) is 9.59 Å². The van der Waals surface area contributed by atoms with Crippen LogP contribution < -0.4 is 5.32 Å². The Bertz CT molecular complexity index is 900. The molecule has 0 aliphatic carbocycles. The zero-order valence-electron chi connectivity index (χ0n) is 16.7. The van der Waals surface area contributed by atoms with Crippen molar-refractivity contribution in [3.63, 3.8) is 0 Å². The van der Waals surface area contributed by atoms with E-state index in [1.807, 2.05) is 0 Å². The van der Waals surface area contributed by atoms with Crippen molar-refractivity contribution in [2.75, 3.05) is 26.2 Å². The molecule has 2 aliphatic rings. The van der Waals surface area contributed by atoms with Crippen LogP contribution in [0.15, 0.2) is 35.7 Å². The van der Waals surface area contributed by atoms with Gasteiger partial charge in [0, 0.05) is 23.0 Å². The Hall–Kier alpha value is -1.60. The molecule has 30 heavy (non-hydrogen) atoms. The number of carbonyl (C=O) groups excluding carboxylic acids is 2. The molecule has 0 radical (unpaired) electrons.